The van der Waals surface area contributed by atoms with Crippen LogP contribution >= 0.6 is 11.3 Å². The van der Waals surface area contributed by atoms with Gasteiger partial charge in [0, 0.05) is 26.4 Å². The van der Waals surface area contributed by atoms with Gasteiger partial charge in [-0.25, -0.2) is 4.98 Å². The fourth-order valence-electron chi connectivity index (χ4n) is 4.00. The molecule has 0 saturated heterocycles. The van der Waals surface area contributed by atoms with Crippen LogP contribution in [0.15, 0.2) is 96.4 Å². The van der Waals surface area contributed by atoms with Gasteiger partial charge in [-0.1, -0.05) is 66.7 Å². The van der Waals surface area contributed by atoms with Crippen LogP contribution in [-0.2, 0) is 0 Å². The van der Waals surface area contributed by atoms with Crippen LogP contribution in [0.25, 0.3) is 49.0 Å². The minimum atomic E-state index is 0.995. The molecule has 0 N–H and O–H groups in total. The monoisotopic (exact) mass is 376 g/mol. The number of hydrogen-bond donors (Lipinski definition) is 0. The summed E-state index contributed by atoms with van der Waals surface area (Å²) in [7, 11) is 0. The zero-order valence-corrected chi connectivity index (χ0v) is 15.9. The number of thiophene rings is 1. The maximum Gasteiger partial charge on any atom is 0.147 e. The molecule has 2 heterocycles. The molecule has 0 radical (unpaired) electrons. The van der Waals surface area contributed by atoms with Gasteiger partial charge in [-0.2, -0.15) is 0 Å². The molecule has 0 saturated carbocycles. The second-order valence-corrected chi connectivity index (χ2v) is 7.81. The van der Waals surface area contributed by atoms with Gasteiger partial charge in [0.2, 0.25) is 0 Å². The minimum Gasteiger partial charge on any atom is -0.292 e. The molecule has 4 aromatic carbocycles. The fourth-order valence-corrected chi connectivity index (χ4v) is 4.94. The molecule has 3 heteroatoms. The van der Waals surface area contributed by atoms with Crippen molar-refractivity contribution in [1.82, 2.24) is 9.55 Å². The van der Waals surface area contributed by atoms with Crippen LogP contribution in [0.4, 0.5) is 0 Å². The molecule has 0 aliphatic rings. The quantitative estimate of drug-likeness (QED) is 0.316. The number of imidazole rings is 1. The summed E-state index contributed by atoms with van der Waals surface area (Å²) in [5.41, 5.74) is 4.49. The van der Waals surface area contributed by atoms with Crippen molar-refractivity contribution in [3.8, 4) is 17.1 Å². The second-order valence-electron chi connectivity index (χ2n) is 6.90. The van der Waals surface area contributed by atoms with Crippen LogP contribution in [0.5, 0.6) is 0 Å². The molecule has 0 aliphatic heterocycles. The van der Waals surface area contributed by atoms with E-state index >= 15 is 0 Å². The fraction of sp³-hybridized carbons (Fsp3) is 0. The summed E-state index contributed by atoms with van der Waals surface area (Å²) in [5.74, 6) is 0.995. The van der Waals surface area contributed by atoms with E-state index in [1.807, 2.05) is 0 Å². The van der Waals surface area contributed by atoms with E-state index in [1.165, 1.54) is 26.4 Å². The first-order valence-corrected chi connectivity index (χ1v) is 10.2. The van der Waals surface area contributed by atoms with Crippen LogP contribution < -0.4 is 0 Å². The Bertz CT molecular complexity index is 1470. The second kappa shape index (κ2) is 6.04. The van der Waals surface area contributed by atoms with Gasteiger partial charge in [0.05, 0.1) is 16.7 Å². The third kappa shape index (κ3) is 2.23. The molecular weight excluding hydrogens is 360 g/mol. The summed E-state index contributed by atoms with van der Waals surface area (Å²) >= 11 is 1.77. The predicted octanol–water partition coefficient (Wildman–Crippen LogP) is 7.06. The first kappa shape index (κ1) is 15.6. The van der Waals surface area contributed by atoms with Gasteiger partial charge in [0.1, 0.15) is 5.82 Å². The maximum atomic E-state index is 5.06. The Balaban J connectivity index is 1.76. The Morgan fingerprint density at radius 3 is 2.39 bits per heavy atom. The Labute approximate surface area is 166 Å². The number of hydrogen-bond acceptors (Lipinski definition) is 2. The molecule has 6 rings (SSSR count). The molecule has 0 fully saturated rings. The molecule has 2 aromatic heterocycles. The summed E-state index contributed by atoms with van der Waals surface area (Å²) in [6.45, 7) is 0. The number of para-hydroxylation sites is 2. The van der Waals surface area contributed by atoms with E-state index in [0.717, 1.165) is 22.5 Å². The van der Waals surface area contributed by atoms with E-state index in [9.17, 15) is 0 Å². The average molecular weight is 376 g/mol. The molecule has 0 atom stereocenters. The van der Waals surface area contributed by atoms with Crippen molar-refractivity contribution in [3.63, 3.8) is 0 Å². The highest BCUT2D eigenvalue weighted by Gasteiger charge is 2.18. The molecule has 0 unspecified atom stereocenters. The Morgan fingerprint density at radius 2 is 1.43 bits per heavy atom. The highest BCUT2D eigenvalue weighted by Crippen LogP contribution is 2.37. The molecule has 132 valence electrons. The van der Waals surface area contributed by atoms with Gasteiger partial charge >= 0.3 is 0 Å². The first-order chi connectivity index (χ1) is 13.9. The topological polar surface area (TPSA) is 17.8 Å². The van der Waals surface area contributed by atoms with Crippen LogP contribution in [-0.4, -0.2) is 9.55 Å². The lowest BCUT2D eigenvalue weighted by Crippen LogP contribution is -1.98. The minimum absolute atomic E-state index is 0.995. The SMILES string of the molecule is c1ccc2c(-n3c(-c4csc5ccccc45)nc4ccccc43)cccc2c1. The molecular formula is C25H16N2S. The lowest BCUT2D eigenvalue weighted by atomic mass is 10.1. The van der Waals surface area contributed by atoms with Crippen LogP contribution in [0.3, 0.4) is 0 Å². The van der Waals surface area contributed by atoms with Crippen molar-refractivity contribution in [2.45, 2.75) is 0 Å². The van der Waals surface area contributed by atoms with E-state index in [-0.39, 0.29) is 0 Å². The van der Waals surface area contributed by atoms with Gasteiger partial charge in [0.25, 0.3) is 0 Å². The highest BCUT2D eigenvalue weighted by molar-refractivity contribution is 7.17. The number of aromatic nitrogens is 2. The van der Waals surface area contributed by atoms with Gasteiger partial charge in [-0.05, 0) is 29.7 Å². The number of fused-ring (bicyclic) bond motifs is 3. The third-order valence-electron chi connectivity index (χ3n) is 5.29. The van der Waals surface area contributed by atoms with Crippen LogP contribution in [0.2, 0.25) is 0 Å². The van der Waals surface area contributed by atoms with Crippen molar-refractivity contribution >= 4 is 43.2 Å². The summed E-state index contributed by atoms with van der Waals surface area (Å²) in [4.78, 5) is 5.06. The third-order valence-corrected chi connectivity index (χ3v) is 6.25. The average Bonchev–Trinajstić information content (AvgIpc) is 3.34. The molecule has 0 bridgehead atoms. The zero-order chi connectivity index (χ0) is 18.5. The molecule has 0 aliphatic carbocycles. The summed E-state index contributed by atoms with van der Waals surface area (Å²) in [6, 6.07) is 32.0. The lowest BCUT2D eigenvalue weighted by molar-refractivity contribution is 1.12. The maximum absolute atomic E-state index is 5.06. The van der Waals surface area contributed by atoms with Crippen molar-refractivity contribution in [2.24, 2.45) is 0 Å². The smallest absolute Gasteiger partial charge is 0.147 e. The van der Waals surface area contributed by atoms with Gasteiger partial charge in [-0.15, -0.1) is 11.3 Å². The van der Waals surface area contributed by atoms with Crippen LogP contribution in [0, 0.1) is 0 Å². The van der Waals surface area contributed by atoms with Crippen molar-refractivity contribution in [1.29, 1.82) is 0 Å². The van der Waals surface area contributed by atoms with Gasteiger partial charge < -0.3 is 0 Å². The Hall–Kier alpha value is -3.43. The van der Waals surface area contributed by atoms with Crippen molar-refractivity contribution in [3.05, 3.63) is 96.4 Å². The van der Waals surface area contributed by atoms with E-state index in [1.54, 1.807) is 11.3 Å². The molecule has 28 heavy (non-hydrogen) atoms. The van der Waals surface area contributed by atoms with Crippen LogP contribution in [0.1, 0.15) is 0 Å². The Kier molecular flexibility index (Phi) is 3.37. The normalized spacial score (nSPS) is 11.6. The molecule has 6 aromatic rings. The summed E-state index contributed by atoms with van der Waals surface area (Å²) < 4.78 is 3.60. The standard InChI is InChI=1S/C25H16N2S/c1-2-10-18-17(8-1)9-7-14-22(18)27-23-13-5-4-12-21(23)26-25(27)20-16-28-24-15-6-3-11-19(20)24/h1-16H. The van der Waals surface area contributed by atoms with E-state index in [4.69, 9.17) is 4.98 Å². The molecule has 0 spiro atoms. The Morgan fingerprint density at radius 1 is 0.679 bits per heavy atom. The van der Waals surface area contributed by atoms with E-state index in [2.05, 4.69) is 101 Å². The van der Waals surface area contributed by atoms with E-state index < -0.39 is 0 Å². The largest absolute Gasteiger partial charge is 0.292 e. The van der Waals surface area contributed by atoms with E-state index in [0.29, 0.717) is 0 Å². The van der Waals surface area contributed by atoms with Gasteiger partial charge in [-0.3, -0.25) is 4.57 Å². The summed E-state index contributed by atoms with van der Waals surface area (Å²) in [5, 5.41) is 5.95. The lowest BCUT2D eigenvalue weighted by Gasteiger charge is -2.12. The first-order valence-electron chi connectivity index (χ1n) is 9.32. The number of nitrogens with zero attached hydrogens (tertiary/aromatic N) is 2. The van der Waals surface area contributed by atoms with Gasteiger partial charge in [0.15, 0.2) is 0 Å². The molecule has 2 nitrogen and oxygen atoms in total. The molecule has 0 amide bonds. The highest BCUT2D eigenvalue weighted by atomic mass is 32.1. The number of benzene rings is 4. The zero-order valence-electron chi connectivity index (χ0n) is 15.0. The van der Waals surface area contributed by atoms with Crippen molar-refractivity contribution < 1.29 is 0 Å². The van der Waals surface area contributed by atoms with Crippen molar-refractivity contribution in [2.75, 3.05) is 0 Å². The predicted molar refractivity (Wildman–Crippen MR) is 119 cm³/mol. The summed E-state index contributed by atoms with van der Waals surface area (Å²) in [6.07, 6.45) is 0. The number of rotatable bonds is 2.